The van der Waals surface area contributed by atoms with Gasteiger partial charge in [-0.15, -0.1) is 11.8 Å². The van der Waals surface area contributed by atoms with E-state index in [2.05, 4.69) is 52.3 Å². The summed E-state index contributed by atoms with van der Waals surface area (Å²) in [6, 6.07) is 8.24. The molecule has 0 unspecified atom stereocenters. The Bertz CT molecular complexity index is 786. The van der Waals surface area contributed by atoms with E-state index in [0.29, 0.717) is 25.4 Å². The van der Waals surface area contributed by atoms with Gasteiger partial charge in [0.25, 0.3) is 5.91 Å². The van der Waals surface area contributed by atoms with Crippen LogP contribution in [0.5, 0.6) is 0 Å². The van der Waals surface area contributed by atoms with E-state index in [1.165, 1.54) is 22.3 Å². The highest BCUT2D eigenvalue weighted by Crippen LogP contribution is 2.21. The number of hydrogen-bond acceptors (Lipinski definition) is 4. The Morgan fingerprint density at radius 2 is 1.93 bits per heavy atom. The monoisotopic (exact) mass is 388 g/mol. The Balaban J connectivity index is 1.70. The van der Waals surface area contributed by atoms with Crippen LogP contribution in [0.3, 0.4) is 0 Å². The molecule has 146 valence electrons. The van der Waals surface area contributed by atoms with Gasteiger partial charge in [-0.3, -0.25) is 9.79 Å². The maximum atomic E-state index is 12.0. The van der Waals surface area contributed by atoms with E-state index in [1.807, 2.05) is 6.92 Å². The fourth-order valence-electron chi connectivity index (χ4n) is 2.58. The van der Waals surface area contributed by atoms with Gasteiger partial charge in [-0.2, -0.15) is 0 Å². The van der Waals surface area contributed by atoms with Gasteiger partial charge in [0.1, 0.15) is 0 Å². The average Bonchev–Trinajstić information content (AvgIpc) is 3.10. The van der Waals surface area contributed by atoms with Crippen LogP contribution in [0.15, 0.2) is 44.8 Å². The van der Waals surface area contributed by atoms with Crippen molar-refractivity contribution in [2.24, 2.45) is 4.99 Å². The largest absolute Gasteiger partial charge is 0.459 e. The zero-order chi connectivity index (χ0) is 19.6. The molecule has 0 spiro atoms. The molecule has 0 saturated carbocycles. The second-order valence-corrected chi connectivity index (χ2v) is 7.06. The van der Waals surface area contributed by atoms with Crippen LogP contribution in [0.25, 0.3) is 0 Å². The van der Waals surface area contributed by atoms with E-state index >= 15 is 0 Å². The minimum absolute atomic E-state index is 0.177. The third-order valence-corrected chi connectivity index (χ3v) is 4.93. The number of rotatable bonds is 8. The van der Waals surface area contributed by atoms with E-state index in [4.69, 9.17) is 4.42 Å². The first-order valence-corrected chi connectivity index (χ1v) is 10.2. The molecule has 0 atom stereocenters. The summed E-state index contributed by atoms with van der Waals surface area (Å²) in [4.78, 5) is 17.5. The quantitative estimate of drug-likeness (QED) is 0.280. The predicted octanol–water partition coefficient (Wildman–Crippen LogP) is 3.10. The minimum atomic E-state index is -0.177. The van der Waals surface area contributed by atoms with Crippen LogP contribution in [-0.2, 0) is 6.54 Å². The zero-order valence-corrected chi connectivity index (χ0v) is 17.2. The Kier molecular flexibility index (Phi) is 8.26. The van der Waals surface area contributed by atoms with Gasteiger partial charge >= 0.3 is 0 Å². The van der Waals surface area contributed by atoms with Crippen molar-refractivity contribution in [2.75, 3.05) is 26.4 Å². The highest BCUT2D eigenvalue weighted by Gasteiger charge is 2.11. The van der Waals surface area contributed by atoms with Gasteiger partial charge in [0, 0.05) is 37.1 Å². The van der Waals surface area contributed by atoms with Gasteiger partial charge in [-0.25, -0.2) is 0 Å². The molecule has 0 aliphatic heterocycles. The fraction of sp³-hybridized carbons (Fsp3) is 0.400. The van der Waals surface area contributed by atoms with Gasteiger partial charge in [-0.1, -0.05) is 12.1 Å². The van der Waals surface area contributed by atoms with Crippen molar-refractivity contribution in [3.63, 3.8) is 0 Å². The van der Waals surface area contributed by atoms with Gasteiger partial charge in [0.15, 0.2) is 11.7 Å². The molecule has 1 amide bonds. The first-order valence-electron chi connectivity index (χ1n) is 8.95. The topological polar surface area (TPSA) is 78.7 Å². The van der Waals surface area contributed by atoms with Gasteiger partial charge in [0.05, 0.1) is 6.26 Å². The molecule has 0 saturated heterocycles. The van der Waals surface area contributed by atoms with Crippen molar-refractivity contribution >= 4 is 23.6 Å². The first kappa shape index (κ1) is 20.9. The number of amides is 1. The number of aliphatic imine (C=N–C) groups is 1. The normalized spacial score (nSPS) is 11.3. The molecule has 0 radical (unpaired) electrons. The zero-order valence-electron chi connectivity index (χ0n) is 16.4. The number of guanidine groups is 1. The van der Waals surface area contributed by atoms with E-state index in [-0.39, 0.29) is 5.91 Å². The molecule has 1 aromatic carbocycles. The summed E-state index contributed by atoms with van der Waals surface area (Å²) in [7, 11) is 1.75. The van der Waals surface area contributed by atoms with Crippen molar-refractivity contribution < 1.29 is 9.21 Å². The molecule has 27 heavy (non-hydrogen) atoms. The smallest absolute Gasteiger partial charge is 0.287 e. The number of benzene rings is 1. The van der Waals surface area contributed by atoms with Crippen molar-refractivity contribution in [1.82, 2.24) is 16.0 Å². The number of carbonyl (C=O) groups excluding carboxylic acids is 1. The highest BCUT2D eigenvalue weighted by atomic mass is 32.2. The summed E-state index contributed by atoms with van der Waals surface area (Å²) in [6.07, 6.45) is 4.40. The molecule has 2 rings (SSSR count). The number of thioether (sulfide) groups is 1. The number of nitrogens with one attached hydrogen (secondary N) is 3. The van der Waals surface area contributed by atoms with Crippen LogP contribution >= 0.6 is 11.8 Å². The van der Waals surface area contributed by atoms with Gasteiger partial charge in [0.2, 0.25) is 0 Å². The molecule has 2 aromatic rings. The molecule has 7 heteroatoms. The summed E-state index contributed by atoms with van der Waals surface area (Å²) < 4.78 is 5.18. The molecule has 6 nitrogen and oxygen atoms in total. The summed E-state index contributed by atoms with van der Waals surface area (Å²) in [6.45, 7) is 5.94. The Labute approximate surface area is 165 Å². The molecule has 1 heterocycles. The Morgan fingerprint density at radius 1 is 1.15 bits per heavy atom. The molecule has 3 N–H and O–H groups in total. The molecule has 0 fully saturated rings. The molecule has 0 aliphatic carbocycles. The summed E-state index contributed by atoms with van der Waals surface area (Å²) >= 11 is 1.75. The van der Waals surface area contributed by atoms with Crippen LogP contribution in [0.1, 0.15) is 33.7 Å². The standard InChI is InChI=1S/C20H28N4O2S/c1-14-6-7-16(17(12-14)27-4)13-24-20(21-3)23-10-5-9-22-19(25)18-15(2)8-11-26-18/h6-8,11-12H,5,9-10,13H2,1-4H3,(H,22,25)(H2,21,23,24). The van der Waals surface area contributed by atoms with Crippen molar-refractivity contribution in [3.05, 3.63) is 53.0 Å². The van der Waals surface area contributed by atoms with E-state index in [9.17, 15) is 4.79 Å². The second-order valence-electron chi connectivity index (χ2n) is 6.21. The lowest BCUT2D eigenvalue weighted by molar-refractivity contribution is 0.0925. The summed E-state index contributed by atoms with van der Waals surface area (Å²) in [5.74, 6) is 0.947. The lowest BCUT2D eigenvalue weighted by Gasteiger charge is -2.14. The van der Waals surface area contributed by atoms with Crippen LogP contribution in [0, 0.1) is 13.8 Å². The predicted molar refractivity (Wildman–Crippen MR) is 112 cm³/mol. The van der Waals surface area contributed by atoms with Crippen LogP contribution in [0.2, 0.25) is 0 Å². The first-order chi connectivity index (χ1) is 13.0. The number of carbonyl (C=O) groups is 1. The van der Waals surface area contributed by atoms with Crippen LogP contribution < -0.4 is 16.0 Å². The van der Waals surface area contributed by atoms with Gasteiger partial charge in [-0.05, 0) is 49.8 Å². The molecule has 1 aromatic heterocycles. The van der Waals surface area contributed by atoms with Crippen LogP contribution in [-0.4, -0.2) is 38.3 Å². The summed E-state index contributed by atoms with van der Waals surface area (Å²) in [5.41, 5.74) is 3.35. The maximum absolute atomic E-state index is 12.0. The third kappa shape index (κ3) is 6.36. The van der Waals surface area contributed by atoms with Crippen molar-refractivity contribution in [1.29, 1.82) is 0 Å². The van der Waals surface area contributed by atoms with E-state index in [0.717, 1.165) is 17.9 Å². The molecule has 0 bridgehead atoms. The lowest BCUT2D eigenvalue weighted by Crippen LogP contribution is -2.38. The highest BCUT2D eigenvalue weighted by molar-refractivity contribution is 7.98. The number of hydrogen-bond donors (Lipinski definition) is 3. The molecule has 0 aliphatic rings. The Hall–Kier alpha value is -2.41. The van der Waals surface area contributed by atoms with Gasteiger partial charge < -0.3 is 20.4 Å². The molecular formula is C20H28N4O2S. The Morgan fingerprint density at radius 3 is 2.59 bits per heavy atom. The SMILES string of the molecule is CN=C(NCCCNC(=O)c1occc1C)NCc1ccc(C)cc1SC. The maximum Gasteiger partial charge on any atom is 0.287 e. The van der Waals surface area contributed by atoms with E-state index in [1.54, 1.807) is 24.9 Å². The van der Waals surface area contributed by atoms with Crippen molar-refractivity contribution in [3.8, 4) is 0 Å². The number of nitrogens with zero attached hydrogens (tertiary/aromatic N) is 1. The number of aryl methyl sites for hydroxylation is 2. The number of furan rings is 1. The van der Waals surface area contributed by atoms with Crippen LogP contribution in [0.4, 0.5) is 0 Å². The molecular weight excluding hydrogens is 360 g/mol. The third-order valence-electron chi connectivity index (χ3n) is 4.11. The second kappa shape index (κ2) is 10.7. The average molecular weight is 389 g/mol. The lowest BCUT2D eigenvalue weighted by atomic mass is 10.1. The van der Waals surface area contributed by atoms with E-state index < -0.39 is 0 Å². The fourth-order valence-corrected chi connectivity index (χ4v) is 3.29. The summed E-state index contributed by atoms with van der Waals surface area (Å²) in [5, 5.41) is 9.46. The minimum Gasteiger partial charge on any atom is -0.459 e. The van der Waals surface area contributed by atoms with Crippen molar-refractivity contribution in [2.45, 2.75) is 31.7 Å².